The van der Waals surface area contributed by atoms with Gasteiger partial charge in [0.15, 0.2) is 5.78 Å². The largest absolute Gasteiger partial charge is 0.459 e. The van der Waals surface area contributed by atoms with Crippen LogP contribution in [0.1, 0.15) is 75.2 Å². The molecular weight excluding hydrogens is 400 g/mol. The van der Waals surface area contributed by atoms with Crippen LogP contribution in [0.25, 0.3) is 0 Å². The van der Waals surface area contributed by atoms with Crippen LogP contribution in [0.5, 0.6) is 5.75 Å². The summed E-state index contributed by atoms with van der Waals surface area (Å²) in [7, 11) is 0. The highest BCUT2D eigenvalue weighted by atomic mass is 16.6. The van der Waals surface area contributed by atoms with Crippen LogP contribution < -0.4 is 4.74 Å². The van der Waals surface area contributed by atoms with Crippen molar-refractivity contribution in [2.45, 2.75) is 71.5 Å². The summed E-state index contributed by atoms with van der Waals surface area (Å²) in [4.78, 5) is 47.9. The molecule has 3 aliphatic carbocycles. The van der Waals surface area contributed by atoms with E-state index in [0.29, 0.717) is 24.2 Å². The molecule has 0 heterocycles. The van der Waals surface area contributed by atoms with Crippen LogP contribution >= 0.6 is 0 Å². The molecule has 0 bridgehead atoms. The van der Waals surface area contributed by atoms with Crippen molar-refractivity contribution in [2.75, 3.05) is 0 Å². The highest BCUT2D eigenvalue weighted by molar-refractivity contribution is 5.99. The predicted octanol–water partition coefficient (Wildman–Crippen LogP) is 3.58. The molecule has 4 rings (SSSR count). The number of esters is 3. The minimum atomic E-state index is -0.511. The Kier molecular flexibility index (Phi) is 5.40. The monoisotopic (exact) mass is 428 g/mol. The summed E-state index contributed by atoms with van der Waals surface area (Å²) in [6, 6.07) is 5.30. The highest BCUT2D eigenvalue weighted by Gasteiger charge is 2.61. The molecule has 0 unspecified atom stereocenters. The second-order valence-electron chi connectivity index (χ2n) is 9.30. The molecule has 3 aliphatic rings. The third kappa shape index (κ3) is 3.75. The van der Waals surface area contributed by atoms with Crippen LogP contribution in [-0.2, 0) is 23.9 Å². The van der Waals surface area contributed by atoms with Gasteiger partial charge in [-0.3, -0.25) is 19.2 Å². The van der Waals surface area contributed by atoms with Crippen LogP contribution in [-0.4, -0.2) is 35.9 Å². The first kappa shape index (κ1) is 21.5. The standard InChI is InChI=1S/C24H28O7/c1-12(25)29-15-5-6-16-17-7-8-24(4)20(18(17)10-21(28)19(16)9-15)11-22(30-13(2)26)23(24)31-14(3)27/h5-6,9,17-18,20,22-23H,7-8,10-11H2,1-4H3/t17-,18+,20+,22+,23-,24+/m0/s1. The molecule has 0 radical (unpaired) electrons. The van der Waals surface area contributed by atoms with Gasteiger partial charge >= 0.3 is 17.9 Å². The quantitative estimate of drug-likeness (QED) is 0.536. The Balaban J connectivity index is 1.67. The lowest BCUT2D eigenvalue weighted by atomic mass is 9.55. The molecule has 7 nitrogen and oxygen atoms in total. The summed E-state index contributed by atoms with van der Waals surface area (Å²) in [5.41, 5.74) is 1.25. The maximum atomic E-state index is 13.1. The molecule has 7 heteroatoms. The summed E-state index contributed by atoms with van der Waals surface area (Å²) < 4.78 is 16.4. The number of carbonyl (C=O) groups excluding carboxylic acids is 4. The first-order valence-electron chi connectivity index (χ1n) is 10.8. The molecule has 0 N–H and O–H groups in total. The molecule has 0 amide bonds. The van der Waals surface area contributed by atoms with Gasteiger partial charge in [0.1, 0.15) is 18.0 Å². The lowest BCUT2D eigenvalue weighted by Gasteiger charge is -2.49. The topological polar surface area (TPSA) is 96.0 Å². The number of fused-ring (bicyclic) bond motifs is 5. The SMILES string of the molecule is CC(=O)Oc1ccc2c(c1)C(=O)C[C@H]1[C@H]3C[C@@H](OC(C)=O)[C@H](OC(C)=O)[C@]3(C)CC[C@@H]21. The molecule has 6 atom stereocenters. The average molecular weight is 428 g/mol. The summed E-state index contributed by atoms with van der Waals surface area (Å²) in [5.74, 6) is -0.459. The number of ether oxygens (including phenoxy) is 3. The van der Waals surface area contributed by atoms with E-state index in [1.165, 1.54) is 20.8 Å². The summed E-state index contributed by atoms with van der Waals surface area (Å²) in [5, 5.41) is 0. The van der Waals surface area contributed by atoms with Crippen molar-refractivity contribution in [3.63, 3.8) is 0 Å². The molecular formula is C24H28O7. The van der Waals surface area contributed by atoms with E-state index in [1.54, 1.807) is 12.1 Å². The van der Waals surface area contributed by atoms with Crippen molar-refractivity contribution < 1.29 is 33.4 Å². The zero-order valence-electron chi connectivity index (χ0n) is 18.3. The van der Waals surface area contributed by atoms with E-state index < -0.39 is 30.1 Å². The Labute approximate surface area is 181 Å². The van der Waals surface area contributed by atoms with Crippen molar-refractivity contribution in [1.29, 1.82) is 0 Å². The van der Waals surface area contributed by atoms with Crippen LogP contribution in [0.3, 0.4) is 0 Å². The van der Waals surface area contributed by atoms with Gasteiger partial charge in [0, 0.05) is 38.2 Å². The van der Waals surface area contributed by atoms with Crippen molar-refractivity contribution >= 4 is 23.7 Å². The van der Waals surface area contributed by atoms with E-state index in [4.69, 9.17) is 14.2 Å². The van der Waals surface area contributed by atoms with Crippen LogP contribution in [0.2, 0.25) is 0 Å². The summed E-state index contributed by atoms with van der Waals surface area (Å²) >= 11 is 0. The molecule has 0 aliphatic heterocycles. The molecule has 1 aromatic carbocycles. The average Bonchev–Trinajstić information content (AvgIpc) is 2.93. The Morgan fingerprint density at radius 1 is 1.03 bits per heavy atom. The first-order chi connectivity index (χ1) is 14.6. The maximum Gasteiger partial charge on any atom is 0.308 e. The van der Waals surface area contributed by atoms with Crippen molar-refractivity contribution in [1.82, 2.24) is 0 Å². The van der Waals surface area contributed by atoms with E-state index in [2.05, 4.69) is 6.92 Å². The normalized spacial score (nSPS) is 33.5. The van der Waals surface area contributed by atoms with Gasteiger partial charge in [0.25, 0.3) is 0 Å². The van der Waals surface area contributed by atoms with Gasteiger partial charge in [-0.2, -0.15) is 0 Å². The summed E-state index contributed by atoms with van der Waals surface area (Å²) in [6.07, 6.45) is 1.58. The van der Waals surface area contributed by atoms with Gasteiger partial charge in [-0.25, -0.2) is 0 Å². The fraction of sp³-hybridized carbons (Fsp3) is 0.583. The lowest BCUT2D eigenvalue weighted by Crippen LogP contribution is -2.47. The molecule has 166 valence electrons. The second kappa shape index (κ2) is 7.77. The third-order valence-corrected chi connectivity index (χ3v) is 7.37. The van der Waals surface area contributed by atoms with Gasteiger partial charge in [0.05, 0.1) is 0 Å². The second-order valence-corrected chi connectivity index (χ2v) is 9.30. The minimum absolute atomic E-state index is 0.0227. The molecule has 2 saturated carbocycles. The molecule has 0 saturated heterocycles. The van der Waals surface area contributed by atoms with Crippen LogP contribution in [0.15, 0.2) is 18.2 Å². The van der Waals surface area contributed by atoms with E-state index >= 15 is 0 Å². The Morgan fingerprint density at radius 2 is 1.74 bits per heavy atom. The summed E-state index contributed by atoms with van der Waals surface area (Å²) in [6.45, 7) is 6.15. The number of benzene rings is 1. The van der Waals surface area contributed by atoms with Crippen molar-refractivity contribution in [2.24, 2.45) is 17.3 Å². The highest BCUT2D eigenvalue weighted by Crippen LogP contribution is 2.62. The van der Waals surface area contributed by atoms with E-state index in [-0.39, 0.29) is 29.0 Å². The third-order valence-electron chi connectivity index (χ3n) is 7.37. The van der Waals surface area contributed by atoms with Gasteiger partial charge in [0.2, 0.25) is 0 Å². The number of hydrogen-bond donors (Lipinski definition) is 0. The maximum absolute atomic E-state index is 13.1. The fourth-order valence-electron chi connectivity index (χ4n) is 6.27. The van der Waals surface area contributed by atoms with E-state index in [9.17, 15) is 19.2 Å². The number of Topliss-reactive ketones (excluding diaryl/α,β-unsaturated/α-hetero) is 1. The minimum Gasteiger partial charge on any atom is -0.459 e. The smallest absolute Gasteiger partial charge is 0.308 e. The fourth-order valence-corrected chi connectivity index (χ4v) is 6.27. The first-order valence-corrected chi connectivity index (χ1v) is 10.8. The zero-order chi connectivity index (χ0) is 22.5. The zero-order valence-corrected chi connectivity index (χ0v) is 18.3. The molecule has 31 heavy (non-hydrogen) atoms. The number of rotatable bonds is 3. The van der Waals surface area contributed by atoms with Gasteiger partial charge in [-0.05, 0) is 54.7 Å². The van der Waals surface area contributed by atoms with Crippen molar-refractivity contribution in [3.8, 4) is 5.75 Å². The molecule has 0 spiro atoms. The Morgan fingerprint density at radius 3 is 2.39 bits per heavy atom. The van der Waals surface area contributed by atoms with E-state index in [0.717, 1.165) is 18.4 Å². The number of hydrogen-bond acceptors (Lipinski definition) is 7. The molecule has 0 aromatic heterocycles. The number of ketones is 1. The Bertz CT molecular complexity index is 951. The van der Waals surface area contributed by atoms with Crippen molar-refractivity contribution in [3.05, 3.63) is 29.3 Å². The van der Waals surface area contributed by atoms with E-state index in [1.807, 2.05) is 6.07 Å². The lowest BCUT2D eigenvalue weighted by molar-refractivity contribution is -0.171. The Hall–Kier alpha value is -2.70. The van der Waals surface area contributed by atoms with Crippen LogP contribution in [0.4, 0.5) is 0 Å². The predicted molar refractivity (Wildman–Crippen MR) is 109 cm³/mol. The van der Waals surface area contributed by atoms with Gasteiger partial charge in [-0.1, -0.05) is 13.0 Å². The molecule has 1 aromatic rings. The van der Waals surface area contributed by atoms with Crippen LogP contribution in [0, 0.1) is 17.3 Å². The van der Waals surface area contributed by atoms with Gasteiger partial charge < -0.3 is 14.2 Å². The number of carbonyl (C=O) groups is 4. The van der Waals surface area contributed by atoms with Gasteiger partial charge in [-0.15, -0.1) is 0 Å². The molecule has 2 fully saturated rings.